The number of ketones is 1. The highest BCUT2D eigenvalue weighted by molar-refractivity contribution is 6.04. The predicted molar refractivity (Wildman–Crippen MR) is 99.7 cm³/mol. The fourth-order valence-corrected chi connectivity index (χ4v) is 3.41. The zero-order valence-electron chi connectivity index (χ0n) is 15.7. The summed E-state index contributed by atoms with van der Waals surface area (Å²) in [5.41, 5.74) is 0.270. The molecule has 0 N–H and O–H groups in total. The zero-order chi connectivity index (χ0) is 18.7. The number of Topliss-reactive ketones (excluding diaryl/α,β-unsaturated/α-hetero) is 1. The second-order valence-electron chi connectivity index (χ2n) is 7.14. The maximum atomic E-state index is 15.0. The van der Waals surface area contributed by atoms with E-state index in [1.807, 2.05) is 13.0 Å². The van der Waals surface area contributed by atoms with Crippen molar-refractivity contribution in [3.05, 3.63) is 35.4 Å². The third kappa shape index (κ3) is 3.88. The molecule has 0 fully saturated rings. The lowest BCUT2D eigenvalue weighted by Crippen LogP contribution is -2.31. The number of hydrogen-bond donors (Lipinski definition) is 0. The number of halogens is 1. The van der Waals surface area contributed by atoms with Crippen LogP contribution in [0.2, 0.25) is 0 Å². The van der Waals surface area contributed by atoms with Crippen molar-refractivity contribution in [2.75, 3.05) is 13.7 Å². The van der Waals surface area contributed by atoms with Gasteiger partial charge in [-0.1, -0.05) is 6.92 Å². The molecule has 1 aromatic heterocycles. The molecule has 1 aromatic carbocycles. The molecule has 4 nitrogen and oxygen atoms in total. The van der Waals surface area contributed by atoms with Crippen molar-refractivity contribution in [3.63, 3.8) is 0 Å². The Kier molecular flexibility index (Phi) is 5.56. The van der Waals surface area contributed by atoms with Crippen LogP contribution in [0.4, 0.5) is 4.39 Å². The number of benzene rings is 1. The number of fused-ring (bicyclic) bond motifs is 2. The summed E-state index contributed by atoms with van der Waals surface area (Å²) in [5, 5.41) is 0.847. The number of ether oxygens (including phenoxy) is 2. The van der Waals surface area contributed by atoms with E-state index in [2.05, 4.69) is 4.98 Å². The number of methoxy groups -OCH3 is 1. The molecule has 2 atom stereocenters. The highest BCUT2D eigenvalue weighted by atomic mass is 19.1. The lowest BCUT2D eigenvalue weighted by molar-refractivity contribution is 0.0545. The van der Waals surface area contributed by atoms with E-state index in [1.54, 1.807) is 25.3 Å². The lowest BCUT2D eigenvalue weighted by Gasteiger charge is -2.22. The van der Waals surface area contributed by atoms with E-state index in [0.717, 1.165) is 35.7 Å². The van der Waals surface area contributed by atoms with E-state index in [4.69, 9.17) is 9.47 Å². The molecule has 0 aliphatic carbocycles. The minimum absolute atomic E-state index is 0.0230. The number of carbonyl (C=O) groups is 1. The van der Waals surface area contributed by atoms with E-state index in [1.165, 1.54) is 6.92 Å². The number of alkyl halides is 1. The van der Waals surface area contributed by atoms with Crippen LogP contribution in [0.15, 0.2) is 24.3 Å². The van der Waals surface area contributed by atoms with Gasteiger partial charge in [0.2, 0.25) is 5.88 Å². The third-order valence-corrected chi connectivity index (χ3v) is 5.14. The Morgan fingerprint density at radius 1 is 1.42 bits per heavy atom. The van der Waals surface area contributed by atoms with Crippen LogP contribution in [0.1, 0.15) is 55.5 Å². The summed E-state index contributed by atoms with van der Waals surface area (Å²) >= 11 is 0. The highest BCUT2D eigenvalue weighted by Crippen LogP contribution is 2.30. The molecular formula is C21H26FNO3. The van der Waals surface area contributed by atoms with Crippen molar-refractivity contribution in [2.45, 2.75) is 57.7 Å². The van der Waals surface area contributed by atoms with Gasteiger partial charge in [-0.05, 0) is 63.3 Å². The predicted octanol–water partition coefficient (Wildman–Crippen LogP) is 4.68. The van der Waals surface area contributed by atoms with E-state index in [-0.39, 0.29) is 12.5 Å². The van der Waals surface area contributed by atoms with Gasteiger partial charge in [-0.3, -0.25) is 4.79 Å². The van der Waals surface area contributed by atoms with Gasteiger partial charge in [-0.2, -0.15) is 0 Å². The van der Waals surface area contributed by atoms with Crippen LogP contribution in [0.5, 0.6) is 5.88 Å². The molecule has 0 amide bonds. The molecule has 2 aromatic rings. The number of pyridine rings is 1. The molecule has 0 saturated carbocycles. The highest BCUT2D eigenvalue weighted by Gasteiger charge is 2.34. The summed E-state index contributed by atoms with van der Waals surface area (Å²) < 4.78 is 25.9. The first-order valence-corrected chi connectivity index (χ1v) is 9.27. The van der Waals surface area contributed by atoms with Crippen LogP contribution in [-0.4, -0.2) is 36.3 Å². The quantitative estimate of drug-likeness (QED) is 0.674. The Labute approximate surface area is 153 Å². The number of carbonyl (C=O) groups excluding carboxylic acids is 1. The second-order valence-corrected chi connectivity index (χ2v) is 7.14. The number of aromatic nitrogens is 1. The first-order chi connectivity index (χ1) is 12.4. The summed E-state index contributed by atoms with van der Waals surface area (Å²) in [4.78, 5) is 17.2. The summed E-state index contributed by atoms with van der Waals surface area (Å²) in [6.45, 7) is 4.04. The van der Waals surface area contributed by atoms with E-state index in [9.17, 15) is 4.79 Å². The summed E-state index contributed by atoms with van der Waals surface area (Å²) in [6.07, 6.45) is 3.31. The summed E-state index contributed by atoms with van der Waals surface area (Å²) in [6, 6.07) is 7.16. The van der Waals surface area contributed by atoms with Gasteiger partial charge in [0.15, 0.2) is 11.5 Å². The van der Waals surface area contributed by atoms with Gasteiger partial charge in [0.25, 0.3) is 0 Å². The van der Waals surface area contributed by atoms with Crippen LogP contribution < -0.4 is 4.74 Å². The molecule has 0 saturated heterocycles. The number of hydrogen-bond acceptors (Lipinski definition) is 4. The summed E-state index contributed by atoms with van der Waals surface area (Å²) in [5.74, 6) is 0.183. The maximum Gasteiger partial charge on any atom is 0.217 e. The van der Waals surface area contributed by atoms with E-state index < -0.39 is 11.5 Å². The van der Waals surface area contributed by atoms with Crippen molar-refractivity contribution in [2.24, 2.45) is 0 Å². The second kappa shape index (κ2) is 7.70. The van der Waals surface area contributed by atoms with E-state index >= 15 is 4.39 Å². The molecule has 5 heteroatoms. The van der Waals surface area contributed by atoms with E-state index in [0.29, 0.717) is 24.5 Å². The van der Waals surface area contributed by atoms with Crippen molar-refractivity contribution in [3.8, 4) is 5.88 Å². The van der Waals surface area contributed by atoms with Gasteiger partial charge in [0.1, 0.15) is 0 Å². The van der Waals surface area contributed by atoms with Crippen LogP contribution in [0, 0.1) is 0 Å². The minimum atomic E-state index is -1.91. The number of nitrogens with zero attached hydrogens (tertiary/aromatic N) is 1. The van der Waals surface area contributed by atoms with Crippen LogP contribution in [0.25, 0.3) is 10.9 Å². The van der Waals surface area contributed by atoms with Gasteiger partial charge in [-0.15, -0.1) is 0 Å². The third-order valence-electron chi connectivity index (χ3n) is 5.14. The Hall–Kier alpha value is -2.01. The molecule has 0 bridgehead atoms. The molecule has 2 heterocycles. The Balaban J connectivity index is 1.83. The van der Waals surface area contributed by atoms with Gasteiger partial charge >= 0.3 is 0 Å². The maximum absolute atomic E-state index is 15.0. The molecule has 1 aliphatic rings. The Morgan fingerprint density at radius 3 is 2.96 bits per heavy atom. The first kappa shape index (κ1) is 18.8. The minimum Gasteiger partial charge on any atom is -0.477 e. The average Bonchev–Trinajstić information content (AvgIpc) is 2.66. The summed E-state index contributed by atoms with van der Waals surface area (Å²) in [7, 11) is 1.62. The fraction of sp³-hybridized carbons (Fsp3) is 0.524. The van der Waals surface area contributed by atoms with Gasteiger partial charge < -0.3 is 9.47 Å². The van der Waals surface area contributed by atoms with Crippen LogP contribution in [0.3, 0.4) is 0 Å². The Bertz CT molecular complexity index is 799. The standard InChI is InChI=1S/C21H26FNO3/c1-4-17(25-3)9-10-21(2,22)19(24)14-7-8-18-16(12-14)13-15-6-5-11-26-20(15)23-18/h7-8,12-13,17H,4-6,9-11H2,1-3H3. The first-order valence-electron chi connectivity index (χ1n) is 9.27. The monoisotopic (exact) mass is 359 g/mol. The largest absolute Gasteiger partial charge is 0.477 e. The molecular weight excluding hydrogens is 333 g/mol. The van der Waals surface area contributed by atoms with Gasteiger partial charge in [0, 0.05) is 23.6 Å². The Morgan fingerprint density at radius 2 is 2.23 bits per heavy atom. The van der Waals surface area contributed by atoms with Crippen LogP contribution in [-0.2, 0) is 11.2 Å². The van der Waals surface area contributed by atoms with Crippen molar-refractivity contribution < 1.29 is 18.7 Å². The van der Waals surface area contributed by atoms with Crippen molar-refractivity contribution >= 4 is 16.7 Å². The number of aryl methyl sites for hydroxylation is 1. The molecule has 0 spiro atoms. The van der Waals surface area contributed by atoms with Crippen molar-refractivity contribution in [1.82, 2.24) is 4.98 Å². The van der Waals surface area contributed by atoms with Crippen LogP contribution >= 0.6 is 0 Å². The lowest BCUT2D eigenvalue weighted by atomic mass is 9.90. The normalized spacial score (nSPS) is 17.2. The topological polar surface area (TPSA) is 48.4 Å². The molecule has 26 heavy (non-hydrogen) atoms. The SMILES string of the molecule is CCC(CCC(C)(F)C(=O)c1ccc2nc3c(cc2c1)CCCO3)OC. The molecule has 3 rings (SSSR count). The van der Waals surface area contributed by atoms with Gasteiger partial charge in [-0.25, -0.2) is 9.37 Å². The van der Waals surface area contributed by atoms with Crippen molar-refractivity contribution in [1.29, 1.82) is 0 Å². The average molecular weight is 359 g/mol. The molecule has 140 valence electrons. The molecule has 0 radical (unpaired) electrons. The smallest absolute Gasteiger partial charge is 0.217 e. The zero-order valence-corrected chi connectivity index (χ0v) is 15.7. The number of rotatable bonds is 7. The fourth-order valence-electron chi connectivity index (χ4n) is 3.41. The molecule has 2 unspecified atom stereocenters. The van der Waals surface area contributed by atoms with Gasteiger partial charge in [0.05, 0.1) is 18.2 Å². The molecule has 1 aliphatic heterocycles.